The molecule has 0 N–H and O–H groups in total. The molecule has 19 aromatic rings. The van der Waals surface area contributed by atoms with E-state index in [1.54, 1.807) is 0 Å². The van der Waals surface area contributed by atoms with Gasteiger partial charge >= 0.3 is 0 Å². The summed E-state index contributed by atoms with van der Waals surface area (Å²) >= 11 is 1.87. The Kier molecular flexibility index (Phi) is 20.9. The van der Waals surface area contributed by atoms with Crippen LogP contribution in [0.3, 0.4) is 0 Å². The Morgan fingerprint density at radius 1 is 0.167 bits per heavy atom. The van der Waals surface area contributed by atoms with Crippen molar-refractivity contribution in [1.82, 2.24) is 0 Å². The van der Waals surface area contributed by atoms with Gasteiger partial charge in [0.05, 0.1) is 5.41 Å². The van der Waals surface area contributed by atoms with Gasteiger partial charge in [-0.3, -0.25) is 0 Å². The van der Waals surface area contributed by atoms with E-state index in [2.05, 4.69) is 510 Å². The molecule has 0 atom stereocenters. The van der Waals surface area contributed by atoms with Crippen LogP contribution in [0.25, 0.3) is 109 Å². The summed E-state index contributed by atoms with van der Waals surface area (Å²) in [5, 5.41) is 2.78. The normalized spacial score (nSPS) is 14.7. The SMILES string of the molecule is Cc1ccc(N(c2ccccc2)c2ccc3c(c2)C(C)(C)c2ccccc2-3)cc1.Cc1ccc2c(c1)C(C)(C)c1cc3c(cc1-2)C(C)(C)c1ccccc1-3.Cc1ccc2c(c1)C(C)(C)c1ccc(-c3ccccc3)cc1-2.Cc1ccc2c(c1)C(C)(C)c1ccccc1-2.Cc1ccc2c(c1)C1(c3ccccc3-c3ccccc31)c1ccccc1-2.Cc1ccc2sc3ccccc3c2c1. The zero-order valence-electron chi connectivity index (χ0n) is 78.9. The smallest absolute Gasteiger partial charge is 0.0725 e. The zero-order chi connectivity index (χ0) is 91.1. The van der Waals surface area contributed by atoms with Gasteiger partial charge in [-0.05, 0) is 281 Å². The van der Waals surface area contributed by atoms with Gasteiger partial charge < -0.3 is 4.90 Å². The molecule has 0 saturated heterocycles. The van der Waals surface area contributed by atoms with E-state index in [9.17, 15) is 0 Å². The summed E-state index contributed by atoms with van der Waals surface area (Å²) in [6, 6.07) is 145. The number of para-hydroxylation sites is 1. The zero-order valence-corrected chi connectivity index (χ0v) is 79.7. The fraction of sp³-hybridized carbons (Fsp3) is 0.169. The minimum absolute atomic E-state index is 0.00241. The first-order valence-electron chi connectivity index (χ1n) is 47.1. The van der Waals surface area contributed by atoms with Gasteiger partial charge in [0, 0.05) is 64.3 Å². The van der Waals surface area contributed by atoms with Crippen molar-refractivity contribution >= 4 is 48.6 Å². The Balaban J connectivity index is 0.0000000969. The van der Waals surface area contributed by atoms with Crippen LogP contribution in [0.4, 0.5) is 17.1 Å². The number of hydrogen-bond donors (Lipinski definition) is 0. The van der Waals surface area contributed by atoms with Crippen LogP contribution in [-0.4, -0.2) is 0 Å². The molecule has 1 spiro atoms. The molecule has 26 rings (SSSR count). The van der Waals surface area contributed by atoms with Crippen molar-refractivity contribution in [3.05, 3.63) is 506 Å². The van der Waals surface area contributed by atoms with E-state index in [4.69, 9.17) is 0 Å². The van der Waals surface area contributed by atoms with Crippen molar-refractivity contribution in [3.63, 3.8) is 0 Å². The predicted molar refractivity (Wildman–Crippen MR) is 564 cm³/mol. The highest BCUT2D eigenvalue weighted by Crippen LogP contribution is 2.64. The predicted octanol–water partition coefficient (Wildman–Crippen LogP) is 35.3. The lowest BCUT2D eigenvalue weighted by molar-refractivity contribution is 0.651. The molecule has 1 nitrogen and oxygen atoms in total. The Hall–Kier alpha value is -14.0. The first-order valence-corrected chi connectivity index (χ1v) is 47.9. The van der Waals surface area contributed by atoms with Gasteiger partial charge in [0.1, 0.15) is 0 Å². The standard InChI is InChI=1S/C28H25N.C26H18.C25H24.C22H20.C16H16.C13H10S/c1-20-13-15-22(16-14-20)29(21-9-5-4-6-10-21)23-17-18-25-24-11-7-8-12-26(24)28(2,3)27(25)19-23;1-17-14-15-21-20-10-4-7-13-24(20)26(25(21)16-17)22-11-5-2-8-18(22)19-9-3-6-12-23(19)26;1-15-10-11-17-19-14-22-18(13-23(19)25(4,5)21(17)12-15)16-8-6-7-9-20(16)24(22,2)3;1-15-9-11-18-19-14-17(16-7-5-4-6-8-16)10-12-20(19)22(2,3)21(18)13-15;1-11-8-9-13-12-6-4-5-7-14(12)16(2,3)15(13)10-11;1-9-6-7-13-11(8-9)10-4-2-3-5-12(10)14-13/h4-19H,1-3H3;2-16H,1H3;6-14H,1-5H3;4-14H,1-3H3;4-10H,1-3H3;2-8H,1H3. The lowest BCUT2D eigenvalue weighted by Crippen LogP contribution is -2.25. The molecule has 1 aromatic heterocycles. The Labute approximate surface area is 785 Å². The number of nitrogens with zero attached hydrogens (tertiary/aromatic N) is 1. The van der Waals surface area contributed by atoms with E-state index in [1.807, 2.05) is 11.3 Å². The highest BCUT2D eigenvalue weighted by molar-refractivity contribution is 7.25. The summed E-state index contributed by atoms with van der Waals surface area (Å²) in [4.78, 5) is 2.35. The first-order chi connectivity index (χ1) is 63.7. The first kappa shape index (κ1) is 84.8. The van der Waals surface area contributed by atoms with Gasteiger partial charge in [-0.2, -0.15) is 0 Å². The number of aryl methyl sites for hydroxylation is 6. The van der Waals surface area contributed by atoms with Crippen molar-refractivity contribution < 1.29 is 0 Å². The molecule has 2 heteroatoms. The molecule has 7 aliphatic carbocycles. The molecule has 0 radical (unpaired) electrons. The van der Waals surface area contributed by atoms with Crippen molar-refractivity contribution in [1.29, 1.82) is 0 Å². The Morgan fingerprint density at radius 2 is 0.455 bits per heavy atom. The van der Waals surface area contributed by atoms with Gasteiger partial charge in [0.25, 0.3) is 0 Å². The number of anilines is 3. The van der Waals surface area contributed by atoms with Crippen molar-refractivity contribution in [2.24, 2.45) is 0 Å². The molecule has 644 valence electrons. The average Bonchev–Trinajstić information content (AvgIpc) is 1.51. The molecule has 7 aliphatic rings. The molecule has 18 aromatic carbocycles. The quantitative estimate of drug-likeness (QED) is 0.170. The number of hydrogen-bond acceptors (Lipinski definition) is 2. The topological polar surface area (TPSA) is 3.24 Å². The molecule has 0 unspecified atom stereocenters. The summed E-state index contributed by atoms with van der Waals surface area (Å²) < 4.78 is 2.77. The second kappa shape index (κ2) is 32.5. The van der Waals surface area contributed by atoms with E-state index < -0.39 is 0 Å². The molecular weight excluding hydrogens is 1610 g/mol. The number of benzene rings is 18. The van der Waals surface area contributed by atoms with Crippen LogP contribution in [-0.2, 0) is 32.5 Å². The third-order valence-electron chi connectivity index (χ3n) is 30.0. The number of thiophene rings is 1. The third kappa shape index (κ3) is 13.9. The molecule has 0 saturated carbocycles. The van der Waals surface area contributed by atoms with Crippen LogP contribution in [0, 0.1) is 41.5 Å². The van der Waals surface area contributed by atoms with Crippen molar-refractivity contribution in [2.75, 3.05) is 4.90 Å². The van der Waals surface area contributed by atoms with Crippen molar-refractivity contribution in [3.8, 4) is 89.0 Å². The van der Waals surface area contributed by atoms with Crippen LogP contribution in [0.15, 0.2) is 394 Å². The molecule has 0 amide bonds. The van der Waals surface area contributed by atoms with Gasteiger partial charge in [-0.25, -0.2) is 0 Å². The molecule has 0 aliphatic heterocycles. The average molecular weight is 1720 g/mol. The molecule has 132 heavy (non-hydrogen) atoms. The molecule has 0 fully saturated rings. The highest BCUT2D eigenvalue weighted by atomic mass is 32.1. The highest BCUT2D eigenvalue weighted by Gasteiger charge is 2.52. The van der Waals surface area contributed by atoms with Gasteiger partial charge in [-0.15, -0.1) is 11.3 Å². The van der Waals surface area contributed by atoms with Crippen LogP contribution in [0.1, 0.15) is 181 Å². The van der Waals surface area contributed by atoms with E-state index in [0.717, 1.165) is 0 Å². The molecule has 0 bridgehead atoms. The fourth-order valence-corrected chi connectivity index (χ4v) is 24.2. The molecular formula is C130H113NS. The van der Waals surface area contributed by atoms with E-state index in [-0.39, 0.29) is 32.5 Å². The maximum absolute atomic E-state index is 2.48. The number of rotatable bonds is 4. The Bertz CT molecular complexity index is 7720. The maximum atomic E-state index is 2.48. The third-order valence-corrected chi connectivity index (χ3v) is 31.2. The second-order valence-electron chi connectivity index (χ2n) is 40.2. The van der Waals surface area contributed by atoms with Crippen LogP contribution < -0.4 is 4.90 Å². The largest absolute Gasteiger partial charge is 0.310 e. The lowest BCUT2D eigenvalue weighted by atomic mass is 9.70. The van der Waals surface area contributed by atoms with Gasteiger partial charge in [0.15, 0.2) is 0 Å². The van der Waals surface area contributed by atoms with E-state index in [1.165, 1.54) is 238 Å². The summed E-state index contributed by atoms with van der Waals surface area (Å²) in [5.41, 5.74) is 53.9. The summed E-state index contributed by atoms with van der Waals surface area (Å²) in [6.07, 6.45) is 0. The monoisotopic (exact) mass is 1720 g/mol. The fourth-order valence-electron chi connectivity index (χ4n) is 23.1. The van der Waals surface area contributed by atoms with Crippen molar-refractivity contribution in [2.45, 2.75) is 143 Å². The summed E-state index contributed by atoms with van der Waals surface area (Å²) in [5.74, 6) is 0. The summed E-state index contributed by atoms with van der Waals surface area (Å²) in [6.45, 7) is 36.4. The maximum Gasteiger partial charge on any atom is 0.0725 e. The lowest BCUT2D eigenvalue weighted by Gasteiger charge is -2.30. The minimum Gasteiger partial charge on any atom is -0.310 e. The van der Waals surface area contributed by atoms with E-state index >= 15 is 0 Å². The van der Waals surface area contributed by atoms with Crippen LogP contribution in [0.2, 0.25) is 0 Å². The van der Waals surface area contributed by atoms with E-state index in [0.29, 0.717) is 0 Å². The summed E-state index contributed by atoms with van der Waals surface area (Å²) in [7, 11) is 0. The number of fused-ring (bicyclic) bond motifs is 28. The minimum atomic E-state index is -0.189. The second-order valence-corrected chi connectivity index (χ2v) is 41.3. The Morgan fingerprint density at radius 3 is 0.924 bits per heavy atom. The van der Waals surface area contributed by atoms with Crippen LogP contribution in [0.5, 0.6) is 0 Å². The van der Waals surface area contributed by atoms with Gasteiger partial charge in [-0.1, -0.05) is 424 Å². The van der Waals surface area contributed by atoms with Crippen LogP contribution >= 0.6 is 11.3 Å². The van der Waals surface area contributed by atoms with Gasteiger partial charge in [0.2, 0.25) is 0 Å². The molecule has 1 heterocycles.